The zero-order valence-electron chi connectivity index (χ0n) is 10.2. The van der Waals surface area contributed by atoms with Crippen LogP contribution in [0.5, 0.6) is 0 Å². The Balaban J connectivity index is 2.35. The third-order valence-electron chi connectivity index (χ3n) is 3.29. The lowest BCUT2D eigenvalue weighted by molar-refractivity contribution is -0.117. The molecule has 0 saturated carbocycles. The van der Waals surface area contributed by atoms with Crippen LogP contribution in [-0.4, -0.2) is 30.1 Å². The Kier molecular flexibility index (Phi) is 3.34. The fourth-order valence-corrected chi connectivity index (χ4v) is 2.21. The van der Waals surface area contributed by atoms with Crippen molar-refractivity contribution in [2.75, 3.05) is 18.0 Å². The van der Waals surface area contributed by atoms with Gasteiger partial charge in [0.25, 0.3) is 0 Å². The quantitative estimate of drug-likeness (QED) is 0.836. The van der Waals surface area contributed by atoms with Gasteiger partial charge in [-0.05, 0) is 37.1 Å². The first-order chi connectivity index (χ1) is 8.52. The first-order valence-corrected chi connectivity index (χ1v) is 5.87. The molecule has 1 fully saturated rings. The van der Waals surface area contributed by atoms with Crippen LogP contribution in [0.1, 0.15) is 22.3 Å². The van der Waals surface area contributed by atoms with Crippen molar-refractivity contribution in [2.24, 2.45) is 11.7 Å². The molecule has 0 bridgehead atoms. The molecule has 0 aliphatic carbocycles. The minimum atomic E-state index is -0.988. The van der Waals surface area contributed by atoms with Crippen molar-refractivity contribution >= 4 is 17.6 Å². The molecule has 1 amide bonds. The van der Waals surface area contributed by atoms with Gasteiger partial charge in [0.15, 0.2) is 0 Å². The Morgan fingerprint density at radius 2 is 2.28 bits per heavy atom. The van der Waals surface area contributed by atoms with Crippen LogP contribution in [0.2, 0.25) is 0 Å². The first-order valence-electron chi connectivity index (χ1n) is 5.87. The van der Waals surface area contributed by atoms with Gasteiger partial charge in [0.1, 0.15) is 0 Å². The van der Waals surface area contributed by atoms with Crippen molar-refractivity contribution in [1.82, 2.24) is 0 Å². The summed E-state index contributed by atoms with van der Waals surface area (Å²) in [5, 5.41) is 8.98. The van der Waals surface area contributed by atoms with Gasteiger partial charge >= 0.3 is 5.97 Å². The molecule has 1 aliphatic rings. The average Bonchev–Trinajstić information content (AvgIpc) is 2.71. The molecule has 1 aliphatic heterocycles. The fraction of sp³-hybridized carbons (Fsp3) is 0.385. The Morgan fingerprint density at radius 1 is 1.56 bits per heavy atom. The van der Waals surface area contributed by atoms with E-state index < -0.39 is 5.97 Å². The molecule has 1 aromatic rings. The number of amides is 1. The van der Waals surface area contributed by atoms with Gasteiger partial charge in [-0.15, -0.1) is 0 Å². The number of aromatic carboxylic acids is 1. The number of benzene rings is 1. The van der Waals surface area contributed by atoms with Gasteiger partial charge in [-0.25, -0.2) is 4.79 Å². The molecule has 0 radical (unpaired) electrons. The highest BCUT2D eigenvalue weighted by Gasteiger charge is 2.30. The standard InChI is InChI=1S/C13H16N2O3/c1-8-2-3-10(13(17)18)5-11(8)15-7-9(6-14)4-12(15)16/h2-3,5,9H,4,6-7,14H2,1H3,(H,17,18). The van der Waals surface area contributed by atoms with Crippen LogP contribution in [0.3, 0.4) is 0 Å². The summed E-state index contributed by atoms with van der Waals surface area (Å²) in [4.78, 5) is 24.5. The van der Waals surface area contributed by atoms with Crippen LogP contribution in [0.15, 0.2) is 18.2 Å². The van der Waals surface area contributed by atoms with E-state index in [9.17, 15) is 9.59 Å². The van der Waals surface area contributed by atoms with E-state index in [-0.39, 0.29) is 17.4 Å². The molecular formula is C13H16N2O3. The second kappa shape index (κ2) is 4.78. The van der Waals surface area contributed by atoms with Crippen molar-refractivity contribution in [3.05, 3.63) is 29.3 Å². The number of anilines is 1. The van der Waals surface area contributed by atoms with Crippen LogP contribution in [0.4, 0.5) is 5.69 Å². The van der Waals surface area contributed by atoms with E-state index in [1.54, 1.807) is 23.1 Å². The Bertz CT molecular complexity index is 499. The van der Waals surface area contributed by atoms with Crippen LogP contribution < -0.4 is 10.6 Å². The predicted octanol–water partition coefficient (Wildman–Crippen LogP) is 1.00. The SMILES string of the molecule is Cc1ccc(C(=O)O)cc1N1CC(CN)CC1=O. The highest BCUT2D eigenvalue weighted by molar-refractivity contribution is 5.98. The number of carboxylic acids is 1. The highest BCUT2D eigenvalue weighted by Crippen LogP contribution is 2.28. The number of hydrogen-bond acceptors (Lipinski definition) is 3. The van der Waals surface area contributed by atoms with Gasteiger partial charge in [-0.3, -0.25) is 4.79 Å². The van der Waals surface area contributed by atoms with Gasteiger partial charge in [0.2, 0.25) is 5.91 Å². The van der Waals surface area contributed by atoms with E-state index in [0.29, 0.717) is 25.2 Å². The summed E-state index contributed by atoms with van der Waals surface area (Å²) >= 11 is 0. The second-order valence-electron chi connectivity index (χ2n) is 4.62. The number of carboxylic acid groups (broad SMARTS) is 1. The maximum absolute atomic E-state index is 11.9. The zero-order chi connectivity index (χ0) is 13.3. The first kappa shape index (κ1) is 12.6. The lowest BCUT2D eigenvalue weighted by Gasteiger charge is -2.19. The minimum absolute atomic E-state index is 0.0103. The molecule has 18 heavy (non-hydrogen) atoms. The average molecular weight is 248 g/mol. The van der Waals surface area contributed by atoms with Crippen LogP contribution in [0, 0.1) is 12.8 Å². The smallest absolute Gasteiger partial charge is 0.335 e. The third-order valence-corrected chi connectivity index (χ3v) is 3.29. The molecule has 0 spiro atoms. The molecule has 1 heterocycles. The Hall–Kier alpha value is -1.88. The Labute approximate surface area is 105 Å². The normalized spacial score (nSPS) is 19.3. The fourth-order valence-electron chi connectivity index (χ4n) is 2.21. The molecule has 3 N–H and O–H groups in total. The van der Waals surface area contributed by atoms with E-state index in [1.807, 2.05) is 6.92 Å². The van der Waals surface area contributed by atoms with E-state index in [4.69, 9.17) is 10.8 Å². The van der Waals surface area contributed by atoms with Crippen LogP contribution in [-0.2, 0) is 4.79 Å². The van der Waals surface area contributed by atoms with Gasteiger partial charge in [-0.1, -0.05) is 6.07 Å². The highest BCUT2D eigenvalue weighted by atomic mass is 16.4. The number of aryl methyl sites for hydroxylation is 1. The lowest BCUT2D eigenvalue weighted by Crippen LogP contribution is -2.26. The van der Waals surface area contributed by atoms with Crippen molar-refractivity contribution in [3.63, 3.8) is 0 Å². The summed E-state index contributed by atoms with van der Waals surface area (Å²) in [6, 6.07) is 4.82. The van der Waals surface area contributed by atoms with Gasteiger partial charge in [0, 0.05) is 18.7 Å². The van der Waals surface area contributed by atoms with Gasteiger partial charge < -0.3 is 15.7 Å². The number of carbonyl (C=O) groups excluding carboxylic acids is 1. The summed E-state index contributed by atoms with van der Waals surface area (Å²) in [6.45, 7) is 2.91. The van der Waals surface area contributed by atoms with E-state index in [0.717, 1.165) is 5.56 Å². The third kappa shape index (κ3) is 2.22. The minimum Gasteiger partial charge on any atom is -0.478 e. The molecule has 0 aromatic heterocycles. The number of nitrogens with two attached hydrogens (primary N) is 1. The summed E-state index contributed by atoms with van der Waals surface area (Å²) < 4.78 is 0. The molecule has 1 atom stereocenters. The monoisotopic (exact) mass is 248 g/mol. The maximum atomic E-state index is 11.9. The molecule has 2 rings (SSSR count). The zero-order valence-corrected chi connectivity index (χ0v) is 10.2. The van der Waals surface area contributed by atoms with Crippen molar-refractivity contribution < 1.29 is 14.7 Å². The van der Waals surface area contributed by atoms with E-state index in [1.165, 1.54) is 0 Å². The molecule has 96 valence electrons. The van der Waals surface area contributed by atoms with E-state index in [2.05, 4.69) is 0 Å². The topological polar surface area (TPSA) is 83.6 Å². The summed E-state index contributed by atoms with van der Waals surface area (Å²) in [6.07, 6.45) is 0.438. The second-order valence-corrected chi connectivity index (χ2v) is 4.62. The number of nitrogens with zero attached hydrogens (tertiary/aromatic N) is 1. The largest absolute Gasteiger partial charge is 0.478 e. The van der Waals surface area contributed by atoms with Crippen LogP contribution >= 0.6 is 0 Å². The molecule has 5 heteroatoms. The lowest BCUT2D eigenvalue weighted by atomic mass is 10.1. The summed E-state index contributed by atoms with van der Waals surface area (Å²) in [5.74, 6) is -0.820. The number of carbonyl (C=O) groups is 2. The van der Waals surface area contributed by atoms with Gasteiger partial charge in [0.05, 0.1) is 5.56 Å². The molecule has 1 saturated heterocycles. The number of hydrogen-bond donors (Lipinski definition) is 2. The van der Waals surface area contributed by atoms with Crippen LogP contribution in [0.25, 0.3) is 0 Å². The summed E-state index contributed by atoms with van der Waals surface area (Å²) in [5.41, 5.74) is 7.34. The number of rotatable bonds is 3. The molecule has 1 unspecified atom stereocenters. The van der Waals surface area contributed by atoms with Crippen molar-refractivity contribution in [3.8, 4) is 0 Å². The van der Waals surface area contributed by atoms with Crippen molar-refractivity contribution in [2.45, 2.75) is 13.3 Å². The Morgan fingerprint density at radius 3 is 2.83 bits per heavy atom. The molecular weight excluding hydrogens is 232 g/mol. The predicted molar refractivity (Wildman–Crippen MR) is 67.7 cm³/mol. The molecule has 5 nitrogen and oxygen atoms in total. The summed E-state index contributed by atoms with van der Waals surface area (Å²) in [7, 11) is 0. The molecule has 1 aromatic carbocycles. The van der Waals surface area contributed by atoms with E-state index >= 15 is 0 Å². The van der Waals surface area contributed by atoms with Crippen molar-refractivity contribution in [1.29, 1.82) is 0 Å². The maximum Gasteiger partial charge on any atom is 0.335 e. The van der Waals surface area contributed by atoms with Gasteiger partial charge in [-0.2, -0.15) is 0 Å².